The number of ether oxygens (including phenoxy) is 1. The van der Waals surface area contributed by atoms with E-state index in [2.05, 4.69) is 5.32 Å². The summed E-state index contributed by atoms with van der Waals surface area (Å²) in [6, 6.07) is 14.4. The molecule has 0 heterocycles. The highest BCUT2D eigenvalue weighted by Gasteiger charge is 2.24. The normalized spacial score (nSPS) is 11.6. The summed E-state index contributed by atoms with van der Waals surface area (Å²) >= 11 is 1.65. The van der Waals surface area contributed by atoms with Gasteiger partial charge < -0.3 is 15.0 Å². The van der Waals surface area contributed by atoms with Gasteiger partial charge >= 0.3 is 0 Å². The Morgan fingerprint density at radius 2 is 1.93 bits per heavy atom. The van der Waals surface area contributed by atoms with Gasteiger partial charge in [0.1, 0.15) is 11.8 Å². The molecule has 2 rings (SSSR count). The van der Waals surface area contributed by atoms with Crippen LogP contribution in [-0.2, 0) is 11.3 Å². The Morgan fingerprint density at radius 1 is 1.18 bits per heavy atom. The summed E-state index contributed by atoms with van der Waals surface area (Å²) in [6.45, 7) is 2.35. The lowest BCUT2D eigenvalue weighted by Crippen LogP contribution is -2.47. The average molecular weight is 401 g/mol. The zero-order valence-corrected chi connectivity index (χ0v) is 17.7. The number of benzene rings is 2. The average Bonchev–Trinajstić information content (AvgIpc) is 2.70. The van der Waals surface area contributed by atoms with Crippen molar-refractivity contribution in [3.05, 3.63) is 65.2 Å². The molecule has 0 aliphatic heterocycles. The third kappa shape index (κ3) is 6.02. The highest BCUT2D eigenvalue weighted by Crippen LogP contribution is 2.19. The van der Waals surface area contributed by atoms with Gasteiger partial charge in [0.25, 0.3) is 5.91 Å². The Labute approximate surface area is 171 Å². The van der Waals surface area contributed by atoms with Gasteiger partial charge in [-0.1, -0.05) is 35.9 Å². The van der Waals surface area contributed by atoms with E-state index in [-0.39, 0.29) is 11.8 Å². The van der Waals surface area contributed by atoms with E-state index in [4.69, 9.17) is 4.74 Å². The van der Waals surface area contributed by atoms with Gasteiger partial charge in [-0.3, -0.25) is 9.59 Å². The van der Waals surface area contributed by atoms with Gasteiger partial charge in [0.15, 0.2) is 0 Å². The molecule has 2 aromatic carbocycles. The van der Waals surface area contributed by atoms with Crippen LogP contribution in [0.3, 0.4) is 0 Å². The predicted octanol–water partition coefficient (Wildman–Crippen LogP) is 3.51. The van der Waals surface area contributed by atoms with Gasteiger partial charge in [-0.2, -0.15) is 11.8 Å². The van der Waals surface area contributed by atoms with Gasteiger partial charge in [0.05, 0.1) is 7.11 Å². The number of methoxy groups -OCH3 is 1. The molecule has 6 heteroatoms. The van der Waals surface area contributed by atoms with Gasteiger partial charge in [-0.15, -0.1) is 0 Å². The molecule has 150 valence electrons. The molecule has 1 N–H and O–H groups in total. The first kappa shape index (κ1) is 21.8. The van der Waals surface area contributed by atoms with Crippen LogP contribution in [0.5, 0.6) is 5.75 Å². The maximum Gasteiger partial charge on any atom is 0.251 e. The van der Waals surface area contributed by atoms with Crippen LogP contribution >= 0.6 is 11.8 Å². The molecular formula is C22H28N2O3S. The summed E-state index contributed by atoms with van der Waals surface area (Å²) in [5.41, 5.74) is 2.50. The van der Waals surface area contributed by atoms with Crippen LogP contribution in [0.4, 0.5) is 0 Å². The fraction of sp³-hybridized carbons (Fsp3) is 0.364. The van der Waals surface area contributed by atoms with Crippen LogP contribution in [-0.4, -0.2) is 48.9 Å². The Hall–Kier alpha value is -2.47. The van der Waals surface area contributed by atoms with Crippen molar-refractivity contribution >= 4 is 23.6 Å². The third-order valence-corrected chi connectivity index (χ3v) is 5.11. The molecule has 2 aromatic rings. The molecule has 0 fully saturated rings. The van der Waals surface area contributed by atoms with Crippen molar-refractivity contribution < 1.29 is 14.3 Å². The van der Waals surface area contributed by atoms with Gasteiger partial charge in [0, 0.05) is 24.7 Å². The number of aryl methyl sites for hydroxylation is 1. The Kier molecular flexibility index (Phi) is 8.39. The molecule has 0 spiro atoms. The third-order valence-electron chi connectivity index (χ3n) is 4.47. The van der Waals surface area contributed by atoms with Crippen molar-refractivity contribution in [3.63, 3.8) is 0 Å². The van der Waals surface area contributed by atoms with Crippen LogP contribution in [0.25, 0.3) is 0 Å². The topological polar surface area (TPSA) is 58.6 Å². The number of likely N-dealkylation sites (N-methyl/N-ethyl adjacent to an activating group) is 1. The number of nitrogens with zero attached hydrogens (tertiary/aromatic N) is 1. The van der Waals surface area contributed by atoms with E-state index < -0.39 is 6.04 Å². The van der Waals surface area contributed by atoms with Gasteiger partial charge in [-0.05, 0) is 43.6 Å². The number of thioether (sulfide) groups is 1. The maximum atomic E-state index is 13.0. The smallest absolute Gasteiger partial charge is 0.251 e. The van der Waals surface area contributed by atoms with Gasteiger partial charge in [0.2, 0.25) is 5.91 Å². The second-order valence-electron chi connectivity index (χ2n) is 6.68. The second-order valence-corrected chi connectivity index (χ2v) is 7.67. The zero-order valence-electron chi connectivity index (χ0n) is 16.9. The summed E-state index contributed by atoms with van der Waals surface area (Å²) in [5.74, 6) is 1.19. The number of para-hydroxylation sites is 1. The summed E-state index contributed by atoms with van der Waals surface area (Å²) in [5, 5.41) is 2.92. The number of nitrogens with one attached hydrogen (secondary N) is 1. The van der Waals surface area contributed by atoms with E-state index >= 15 is 0 Å². The molecular weight excluding hydrogens is 372 g/mol. The number of carbonyl (C=O) groups excluding carboxylic acids is 2. The van der Waals surface area contributed by atoms with Crippen molar-refractivity contribution in [2.24, 2.45) is 0 Å². The Bertz CT molecular complexity index is 810. The van der Waals surface area contributed by atoms with Gasteiger partial charge in [-0.25, -0.2) is 0 Å². The summed E-state index contributed by atoms with van der Waals surface area (Å²) < 4.78 is 5.37. The minimum atomic E-state index is -0.569. The minimum absolute atomic E-state index is 0.110. The van der Waals surface area contributed by atoms with E-state index in [1.54, 1.807) is 36.9 Å². The number of hydrogen-bond acceptors (Lipinski definition) is 4. The number of hydrogen-bond donors (Lipinski definition) is 1. The first-order valence-corrected chi connectivity index (χ1v) is 10.6. The van der Waals surface area contributed by atoms with Crippen LogP contribution in [0.1, 0.15) is 27.9 Å². The van der Waals surface area contributed by atoms with Crippen LogP contribution in [0.15, 0.2) is 48.5 Å². The first-order chi connectivity index (χ1) is 13.5. The van der Waals surface area contributed by atoms with Crippen molar-refractivity contribution in [1.29, 1.82) is 0 Å². The van der Waals surface area contributed by atoms with E-state index in [1.165, 1.54) is 0 Å². The highest BCUT2D eigenvalue weighted by atomic mass is 32.2. The Morgan fingerprint density at radius 3 is 2.61 bits per heavy atom. The summed E-state index contributed by atoms with van der Waals surface area (Å²) in [7, 11) is 3.36. The second kappa shape index (κ2) is 10.8. The number of amides is 2. The standard InChI is InChI=1S/C22H28N2O3S/c1-16-8-7-10-17(14-16)21(25)23-19(12-13-28-4)22(26)24(2)15-18-9-5-6-11-20(18)27-3/h5-11,14,19H,12-13,15H2,1-4H3,(H,23,25). The molecule has 1 unspecified atom stereocenters. The molecule has 0 aliphatic rings. The summed E-state index contributed by atoms with van der Waals surface area (Å²) in [4.78, 5) is 27.3. The van der Waals surface area contributed by atoms with Crippen LogP contribution in [0.2, 0.25) is 0 Å². The van der Waals surface area contributed by atoms with Crippen molar-refractivity contribution in [1.82, 2.24) is 10.2 Å². The van der Waals surface area contributed by atoms with E-state index in [0.717, 1.165) is 22.6 Å². The van der Waals surface area contributed by atoms with Crippen molar-refractivity contribution in [3.8, 4) is 5.75 Å². The molecule has 28 heavy (non-hydrogen) atoms. The monoisotopic (exact) mass is 400 g/mol. The molecule has 0 radical (unpaired) electrons. The highest BCUT2D eigenvalue weighted by molar-refractivity contribution is 7.98. The van der Waals surface area contributed by atoms with Crippen molar-refractivity contribution in [2.75, 3.05) is 26.2 Å². The fourth-order valence-electron chi connectivity index (χ4n) is 2.95. The lowest BCUT2D eigenvalue weighted by Gasteiger charge is -2.25. The minimum Gasteiger partial charge on any atom is -0.496 e. The molecule has 0 aromatic heterocycles. The van der Waals surface area contributed by atoms with E-state index in [1.807, 2.05) is 55.6 Å². The maximum absolute atomic E-state index is 13.0. The van der Waals surface area contributed by atoms with E-state index in [9.17, 15) is 9.59 Å². The number of rotatable bonds is 9. The number of carbonyl (C=O) groups is 2. The lowest BCUT2D eigenvalue weighted by molar-refractivity contribution is -0.132. The SMILES string of the molecule is COc1ccccc1CN(C)C(=O)C(CCSC)NC(=O)c1cccc(C)c1. The van der Waals surface area contributed by atoms with Crippen molar-refractivity contribution in [2.45, 2.75) is 25.9 Å². The molecule has 1 atom stereocenters. The zero-order chi connectivity index (χ0) is 20.5. The lowest BCUT2D eigenvalue weighted by atomic mass is 10.1. The summed E-state index contributed by atoms with van der Waals surface area (Å²) in [6.07, 6.45) is 2.57. The largest absolute Gasteiger partial charge is 0.496 e. The van der Waals surface area contributed by atoms with Crippen LogP contribution < -0.4 is 10.1 Å². The first-order valence-electron chi connectivity index (χ1n) is 9.19. The molecule has 0 saturated carbocycles. The van der Waals surface area contributed by atoms with E-state index in [0.29, 0.717) is 18.5 Å². The molecule has 5 nitrogen and oxygen atoms in total. The molecule has 0 saturated heterocycles. The molecule has 0 aliphatic carbocycles. The van der Waals surface area contributed by atoms with Crippen LogP contribution in [0, 0.1) is 6.92 Å². The molecule has 2 amide bonds. The Balaban J connectivity index is 2.12. The quantitative estimate of drug-likeness (QED) is 0.700. The fourth-order valence-corrected chi connectivity index (χ4v) is 3.43. The molecule has 0 bridgehead atoms. The predicted molar refractivity (Wildman–Crippen MR) is 115 cm³/mol.